The summed E-state index contributed by atoms with van der Waals surface area (Å²) in [5.41, 5.74) is 0. The summed E-state index contributed by atoms with van der Waals surface area (Å²) < 4.78 is 4.70. The van der Waals surface area contributed by atoms with Crippen LogP contribution in [0.1, 0.15) is 12.8 Å². The second-order valence-corrected chi connectivity index (χ2v) is 3.11. The van der Waals surface area contributed by atoms with Gasteiger partial charge in [-0.1, -0.05) is 15.9 Å². The lowest BCUT2D eigenvalue weighted by atomic mass is 10.2. The zero-order valence-corrected chi connectivity index (χ0v) is 5.98. The van der Waals surface area contributed by atoms with Crippen LogP contribution in [0.3, 0.4) is 0 Å². The van der Waals surface area contributed by atoms with Crippen LogP contribution in [0.25, 0.3) is 0 Å². The molecule has 0 aromatic rings. The molecule has 0 amide bonds. The third kappa shape index (κ3) is 1.47. The Kier molecular flexibility index (Phi) is 1.89. The van der Waals surface area contributed by atoms with Gasteiger partial charge < -0.3 is 4.74 Å². The molecule has 46 valence electrons. The molecular formula is C5H7BrO2. The van der Waals surface area contributed by atoms with Crippen LogP contribution in [0.5, 0.6) is 0 Å². The molecule has 0 N–H and O–H groups in total. The first-order valence-corrected chi connectivity index (χ1v) is 3.50. The van der Waals surface area contributed by atoms with Crippen LogP contribution in [0, 0.1) is 0 Å². The lowest BCUT2D eigenvalue weighted by Crippen LogP contribution is -2.20. The highest BCUT2D eigenvalue weighted by atomic mass is 79.9. The molecule has 2 nitrogen and oxygen atoms in total. The number of hydrogen-bond acceptors (Lipinski definition) is 2. The molecular weight excluding hydrogens is 172 g/mol. The van der Waals surface area contributed by atoms with E-state index in [9.17, 15) is 4.79 Å². The molecule has 3 heteroatoms. The van der Waals surface area contributed by atoms with Crippen LogP contribution in [-0.2, 0) is 9.53 Å². The fourth-order valence-electron chi connectivity index (χ4n) is 0.613. The van der Waals surface area contributed by atoms with Crippen LogP contribution in [0.2, 0.25) is 0 Å². The smallest absolute Gasteiger partial charge is 0.305 e. The maximum absolute atomic E-state index is 10.4. The second-order valence-electron chi connectivity index (χ2n) is 1.82. The van der Waals surface area contributed by atoms with Gasteiger partial charge in [-0.05, 0) is 6.42 Å². The van der Waals surface area contributed by atoms with E-state index < -0.39 is 0 Å². The molecule has 0 bridgehead atoms. The zero-order valence-electron chi connectivity index (χ0n) is 4.39. The molecule has 0 spiro atoms. The van der Waals surface area contributed by atoms with Gasteiger partial charge in [0, 0.05) is 11.2 Å². The van der Waals surface area contributed by atoms with Crippen LogP contribution >= 0.6 is 15.9 Å². The summed E-state index contributed by atoms with van der Waals surface area (Å²) in [4.78, 5) is 10.8. The van der Waals surface area contributed by atoms with E-state index in [2.05, 4.69) is 15.9 Å². The van der Waals surface area contributed by atoms with Gasteiger partial charge in [-0.3, -0.25) is 4.79 Å². The average Bonchev–Trinajstić information content (AvgIpc) is 1.77. The minimum Gasteiger partial charge on any atom is -0.464 e. The maximum Gasteiger partial charge on any atom is 0.305 e. The Morgan fingerprint density at radius 2 is 2.50 bits per heavy atom. The Morgan fingerprint density at radius 3 is 2.88 bits per heavy atom. The summed E-state index contributed by atoms with van der Waals surface area (Å²) in [5, 5.41) is 0. The molecule has 1 fully saturated rings. The van der Waals surface area contributed by atoms with Crippen molar-refractivity contribution in [3.05, 3.63) is 0 Å². The van der Waals surface area contributed by atoms with Crippen molar-refractivity contribution in [3.63, 3.8) is 0 Å². The summed E-state index contributed by atoms with van der Waals surface area (Å²) in [6.45, 7) is 0.541. The van der Waals surface area contributed by atoms with Crippen molar-refractivity contribution in [2.45, 2.75) is 17.7 Å². The summed E-state index contributed by atoms with van der Waals surface area (Å²) in [5.74, 6) is -0.0688. The van der Waals surface area contributed by atoms with Gasteiger partial charge in [0.15, 0.2) is 0 Å². The fourth-order valence-corrected chi connectivity index (χ4v) is 0.974. The standard InChI is InChI=1S/C5H7BrO2/c6-4-1-2-5(7)8-3-4/h4H,1-3H2. The largest absolute Gasteiger partial charge is 0.464 e. The Labute approximate surface area is 56.3 Å². The fraction of sp³-hybridized carbons (Fsp3) is 0.800. The highest BCUT2D eigenvalue weighted by Crippen LogP contribution is 2.14. The van der Waals surface area contributed by atoms with Gasteiger partial charge in [-0.25, -0.2) is 0 Å². The van der Waals surface area contributed by atoms with E-state index >= 15 is 0 Å². The topological polar surface area (TPSA) is 26.3 Å². The van der Waals surface area contributed by atoms with E-state index in [-0.39, 0.29) is 5.97 Å². The van der Waals surface area contributed by atoms with Gasteiger partial charge in [0.2, 0.25) is 0 Å². The van der Waals surface area contributed by atoms with Gasteiger partial charge >= 0.3 is 5.97 Å². The van der Waals surface area contributed by atoms with Gasteiger partial charge in [-0.2, -0.15) is 0 Å². The third-order valence-corrected chi connectivity index (χ3v) is 1.81. The molecule has 1 rings (SSSR count). The first kappa shape index (κ1) is 6.08. The Bertz CT molecular complexity index is 92.6. The molecule has 1 aliphatic rings. The van der Waals surface area contributed by atoms with Crippen molar-refractivity contribution >= 4 is 21.9 Å². The number of cyclic esters (lactones) is 1. The molecule has 8 heavy (non-hydrogen) atoms. The normalized spacial score (nSPS) is 29.6. The third-order valence-electron chi connectivity index (χ3n) is 1.09. The number of esters is 1. The Hall–Kier alpha value is -0.0500. The molecule has 0 saturated carbocycles. The van der Waals surface area contributed by atoms with Crippen molar-refractivity contribution in [1.29, 1.82) is 0 Å². The molecule has 0 aromatic heterocycles. The van der Waals surface area contributed by atoms with Crippen LogP contribution < -0.4 is 0 Å². The number of carbonyl (C=O) groups is 1. The summed E-state index contributed by atoms with van der Waals surface area (Å²) >= 11 is 3.34. The van der Waals surface area contributed by atoms with Crippen LogP contribution in [-0.4, -0.2) is 17.4 Å². The average molecular weight is 179 g/mol. The minimum atomic E-state index is -0.0688. The van der Waals surface area contributed by atoms with Gasteiger partial charge in [0.1, 0.15) is 6.61 Å². The monoisotopic (exact) mass is 178 g/mol. The first-order valence-electron chi connectivity index (χ1n) is 2.59. The highest BCUT2D eigenvalue weighted by Gasteiger charge is 2.15. The van der Waals surface area contributed by atoms with E-state index in [0.29, 0.717) is 17.9 Å². The highest BCUT2D eigenvalue weighted by molar-refractivity contribution is 9.09. The van der Waals surface area contributed by atoms with E-state index in [1.807, 2.05) is 0 Å². The molecule has 1 aliphatic heterocycles. The van der Waals surface area contributed by atoms with Gasteiger partial charge in [0.25, 0.3) is 0 Å². The molecule has 1 heterocycles. The van der Waals surface area contributed by atoms with E-state index in [4.69, 9.17) is 4.74 Å². The Morgan fingerprint density at radius 1 is 1.75 bits per heavy atom. The predicted octanol–water partition coefficient (Wildman–Crippen LogP) is 1.09. The summed E-state index contributed by atoms with van der Waals surface area (Å²) in [6.07, 6.45) is 1.48. The van der Waals surface area contributed by atoms with Crippen LogP contribution in [0.4, 0.5) is 0 Å². The number of carbonyl (C=O) groups excluding carboxylic acids is 1. The molecule has 0 aliphatic carbocycles. The first-order chi connectivity index (χ1) is 3.79. The number of alkyl halides is 1. The molecule has 0 radical (unpaired) electrons. The molecule has 1 unspecified atom stereocenters. The van der Waals surface area contributed by atoms with E-state index in [0.717, 1.165) is 6.42 Å². The number of rotatable bonds is 0. The van der Waals surface area contributed by atoms with Gasteiger partial charge in [0.05, 0.1) is 0 Å². The molecule has 1 saturated heterocycles. The summed E-state index contributed by atoms with van der Waals surface area (Å²) in [7, 11) is 0. The SMILES string of the molecule is O=C1CCC(Br)CO1. The van der Waals surface area contributed by atoms with Crippen molar-refractivity contribution in [2.75, 3.05) is 6.61 Å². The number of ether oxygens (including phenoxy) is 1. The van der Waals surface area contributed by atoms with E-state index in [1.54, 1.807) is 0 Å². The minimum absolute atomic E-state index is 0.0688. The number of halogens is 1. The van der Waals surface area contributed by atoms with Gasteiger partial charge in [-0.15, -0.1) is 0 Å². The Balaban J connectivity index is 2.29. The maximum atomic E-state index is 10.4. The lowest BCUT2D eigenvalue weighted by Gasteiger charge is -2.14. The quantitative estimate of drug-likeness (QED) is 0.411. The predicted molar refractivity (Wildman–Crippen MR) is 32.9 cm³/mol. The number of hydrogen-bond donors (Lipinski definition) is 0. The zero-order chi connectivity index (χ0) is 5.98. The lowest BCUT2D eigenvalue weighted by molar-refractivity contribution is -0.146. The van der Waals surface area contributed by atoms with Crippen molar-refractivity contribution in [2.24, 2.45) is 0 Å². The molecule has 0 aromatic carbocycles. The van der Waals surface area contributed by atoms with E-state index in [1.165, 1.54) is 0 Å². The molecule has 1 atom stereocenters. The second kappa shape index (κ2) is 2.49. The van der Waals surface area contributed by atoms with Crippen molar-refractivity contribution < 1.29 is 9.53 Å². The van der Waals surface area contributed by atoms with Crippen LogP contribution in [0.15, 0.2) is 0 Å². The summed E-state index contributed by atoms with van der Waals surface area (Å²) in [6, 6.07) is 0. The van der Waals surface area contributed by atoms with Crippen molar-refractivity contribution in [3.8, 4) is 0 Å². The van der Waals surface area contributed by atoms with Crippen molar-refractivity contribution in [1.82, 2.24) is 0 Å².